The molecule has 1 aromatic carbocycles. The topological polar surface area (TPSA) is 42.0 Å². The summed E-state index contributed by atoms with van der Waals surface area (Å²) in [6.45, 7) is 0. The molecule has 0 saturated heterocycles. The van der Waals surface area contributed by atoms with E-state index in [1.807, 2.05) is 30.5 Å². The van der Waals surface area contributed by atoms with Gasteiger partial charge in [0.15, 0.2) is 0 Å². The van der Waals surface area contributed by atoms with Crippen LogP contribution >= 0.6 is 24.8 Å². The maximum atomic E-state index is 11.4. The van der Waals surface area contributed by atoms with E-state index in [0.717, 1.165) is 22.8 Å². The fourth-order valence-corrected chi connectivity index (χ4v) is 3.00. The molecule has 1 heterocycles. The van der Waals surface area contributed by atoms with Gasteiger partial charge in [0, 0.05) is 17.6 Å². The molecule has 0 spiro atoms. The molecule has 1 aliphatic carbocycles. The van der Waals surface area contributed by atoms with E-state index in [9.17, 15) is 4.79 Å². The Kier molecular flexibility index (Phi) is 7.80. The summed E-state index contributed by atoms with van der Waals surface area (Å²) in [7, 11) is 0. The summed E-state index contributed by atoms with van der Waals surface area (Å²) in [4.78, 5) is 15.9. The van der Waals surface area contributed by atoms with E-state index >= 15 is 0 Å². The normalized spacial score (nSPS) is 16.4. The third kappa shape index (κ3) is 4.42. The van der Waals surface area contributed by atoms with Crippen LogP contribution in [0.2, 0.25) is 0 Å². The van der Waals surface area contributed by atoms with Crippen molar-refractivity contribution in [1.29, 1.82) is 0 Å². The Morgan fingerprint density at radius 2 is 1.86 bits per heavy atom. The number of aldehydes is 1. The van der Waals surface area contributed by atoms with Gasteiger partial charge in [0.2, 0.25) is 0 Å². The third-order valence-corrected chi connectivity index (χ3v) is 4.13. The lowest BCUT2D eigenvalue weighted by Crippen LogP contribution is -2.35. The van der Waals surface area contributed by atoms with Crippen molar-refractivity contribution < 1.29 is 4.79 Å². The monoisotopic (exact) mass is 340 g/mol. The lowest BCUT2D eigenvalue weighted by atomic mass is 9.94. The van der Waals surface area contributed by atoms with E-state index in [1.54, 1.807) is 0 Å². The van der Waals surface area contributed by atoms with Gasteiger partial charge in [0.25, 0.3) is 0 Å². The number of aromatic nitrogens is 1. The van der Waals surface area contributed by atoms with Gasteiger partial charge in [-0.25, -0.2) is 0 Å². The molecule has 2 aromatic rings. The van der Waals surface area contributed by atoms with Gasteiger partial charge in [-0.05, 0) is 30.5 Å². The van der Waals surface area contributed by atoms with E-state index in [4.69, 9.17) is 0 Å². The number of carbonyl (C=O) groups is 1. The molecule has 1 fully saturated rings. The van der Waals surface area contributed by atoms with Crippen molar-refractivity contribution >= 4 is 42.0 Å². The number of hydrogen-bond donors (Lipinski definition) is 1. The lowest BCUT2D eigenvalue weighted by Gasteiger charge is -2.26. The van der Waals surface area contributed by atoms with Gasteiger partial charge in [-0.3, -0.25) is 4.98 Å². The molecule has 0 radical (unpaired) electrons. The zero-order valence-corrected chi connectivity index (χ0v) is 14.0. The Balaban J connectivity index is 0.00000121. The van der Waals surface area contributed by atoms with Gasteiger partial charge in [0.1, 0.15) is 6.29 Å². The van der Waals surface area contributed by atoms with Crippen LogP contribution in [-0.2, 0) is 4.79 Å². The van der Waals surface area contributed by atoms with Gasteiger partial charge in [-0.1, -0.05) is 37.5 Å². The SMILES string of the molecule is Cl.Cl.O=CC(NC1CCCCC1)c1cnc2ccccc2c1. The van der Waals surface area contributed by atoms with Crippen LogP contribution in [0.15, 0.2) is 36.5 Å². The first-order valence-corrected chi connectivity index (χ1v) is 7.43. The molecular formula is C17H22Cl2N2O. The molecule has 1 aliphatic rings. The number of benzene rings is 1. The highest BCUT2D eigenvalue weighted by Gasteiger charge is 2.19. The van der Waals surface area contributed by atoms with Crippen LogP contribution in [0.5, 0.6) is 0 Å². The van der Waals surface area contributed by atoms with Crippen LogP contribution in [-0.4, -0.2) is 17.3 Å². The first-order valence-electron chi connectivity index (χ1n) is 7.43. The summed E-state index contributed by atoms with van der Waals surface area (Å²) in [5, 5.41) is 4.56. The van der Waals surface area contributed by atoms with Gasteiger partial charge in [-0.15, -0.1) is 24.8 Å². The summed E-state index contributed by atoms with van der Waals surface area (Å²) in [5.74, 6) is 0. The van der Waals surface area contributed by atoms with Crippen molar-refractivity contribution in [3.05, 3.63) is 42.1 Å². The molecule has 1 unspecified atom stereocenters. The van der Waals surface area contributed by atoms with E-state index in [-0.39, 0.29) is 30.9 Å². The molecule has 1 aromatic heterocycles. The fraction of sp³-hybridized carbons (Fsp3) is 0.412. The Hall–Kier alpha value is -1.16. The summed E-state index contributed by atoms with van der Waals surface area (Å²) in [6.07, 6.45) is 9.01. The van der Waals surface area contributed by atoms with Crippen molar-refractivity contribution in [2.75, 3.05) is 0 Å². The highest BCUT2D eigenvalue weighted by atomic mass is 35.5. The molecular weight excluding hydrogens is 319 g/mol. The van der Waals surface area contributed by atoms with Crippen LogP contribution in [0.1, 0.15) is 43.7 Å². The third-order valence-electron chi connectivity index (χ3n) is 4.13. The minimum atomic E-state index is -0.241. The Labute approximate surface area is 143 Å². The first kappa shape index (κ1) is 18.9. The number of rotatable bonds is 4. The zero-order valence-electron chi connectivity index (χ0n) is 12.4. The molecule has 1 saturated carbocycles. The van der Waals surface area contributed by atoms with Gasteiger partial charge in [0.05, 0.1) is 11.6 Å². The van der Waals surface area contributed by atoms with Crippen molar-refractivity contribution in [2.24, 2.45) is 0 Å². The molecule has 0 amide bonds. The first-order chi connectivity index (χ1) is 9.86. The van der Waals surface area contributed by atoms with Crippen LogP contribution in [0, 0.1) is 0 Å². The minimum Gasteiger partial charge on any atom is -0.301 e. The summed E-state index contributed by atoms with van der Waals surface area (Å²) < 4.78 is 0. The predicted molar refractivity (Wildman–Crippen MR) is 95.1 cm³/mol. The molecule has 22 heavy (non-hydrogen) atoms. The Morgan fingerprint density at radius 3 is 2.59 bits per heavy atom. The van der Waals surface area contributed by atoms with Crippen molar-refractivity contribution in [3.63, 3.8) is 0 Å². The van der Waals surface area contributed by atoms with Crippen LogP contribution < -0.4 is 5.32 Å². The van der Waals surface area contributed by atoms with Crippen molar-refractivity contribution in [1.82, 2.24) is 10.3 Å². The number of hydrogen-bond acceptors (Lipinski definition) is 3. The van der Waals surface area contributed by atoms with Gasteiger partial charge < -0.3 is 10.1 Å². The average Bonchev–Trinajstić information content (AvgIpc) is 2.53. The smallest absolute Gasteiger partial charge is 0.141 e. The average molecular weight is 341 g/mol. The number of nitrogens with zero attached hydrogens (tertiary/aromatic N) is 1. The van der Waals surface area contributed by atoms with Crippen LogP contribution in [0.3, 0.4) is 0 Å². The number of para-hydroxylation sites is 1. The van der Waals surface area contributed by atoms with Crippen molar-refractivity contribution in [3.8, 4) is 0 Å². The molecule has 0 bridgehead atoms. The van der Waals surface area contributed by atoms with Crippen LogP contribution in [0.4, 0.5) is 0 Å². The summed E-state index contributed by atoms with van der Waals surface area (Å²) >= 11 is 0. The number of fused-ring (bicyclic) bond motifs is 1. The Morgan fingerprint density at radius 1 is 1.14 bits per heavy atom. The summed E-state index contributed by atoms with van der Waals surface area (Å²) in [6, 6.07) is 10.3. The number of carbonyl (C=O) groups excluding carboxylic acids is 1. The quantitative estimate of drug-likeness (QED) is 0.846. The predicted octanol–water partition coefficient (Wildman–Crippen LogP) is 4.24. The van der Waals surface area contributed by atoms with Gasteiger partial charge in [-0.2, -0.15) is 0 Å². The number of halogens is 2. The van der Waals surface area contributed by atoms with Crippen LogP contribution in [0.25, 0.3) is 10.9 Å². The highest BCUT2D eigenvalue weighted by Crippen LogP contribution is 2.22. The molecule has 120 valence electrons. The molecule has 3 rings (SSSR count). The van der Waals surface area contributed by atoms with E-state index in [0.29, 0.717) is 6.04 Å². The molecule has 0 aliphatic heterocycles. The maximum Gasteiger partial charge on any atom is 0.141 e. The van der Waals surface area contributed by atoms with E-state index in [2.05, 4.69) is 16.4 Å². The molecule has 1 atom stereocenters. The zero-order chi connectivity index (χ0) is 13.8. The molecule has 3 nitrogen and oxygen atoms in total. The molecule has 1 N–H and O–H groups in total. The largest absolute Gasteiger partial charge is 0.301 e. The fourth-order valence-electron chi connectivity index (χ4n) is 3.00. The second-order valence-electron chi connectivity index (χ2n) is 5.58. The second kappa shape index (κ2) is 9.09. The standard InChI is InChI=1S/C17H20N2O.2ClH/c20-12-17(19-15-7-2-1-3-8-15)14-10-13-6-4-5-9-16(13)18-11-14;;/h4-6,9-12,15,17,19H,1-3,7-8H2;2*1H. The van der Waals surface area contributed by atoms with E-state index < -0.39 is 0 Å². The van der Waals surface area contributed by atoms with E-state index in [1.165, 1.54) is 32.1 Å². The number of pyridine rings is 1. The lowest BCUT2D eigenvalue weighted by molar-refractivity contribution is -0.109. The van der Waals surface area contributed by atoms with Gasteiger partial charge >= 0.3 is 0 Å². The Bertz CT molecular complexity index is 600. The summed E-state index contributed by atoms with van der Waals surface area (Å²) in [5.41, 5.74) is 1.93. The highest BCUT2D eigenvalue weighted by molar-refractivity contribution is 5.85. The number of nitrogens with one attached hydrogen (secondary N) is 1. The second-order valence-corrected chi connectivity index (χ2v) is 5.58. The minimum absolute atomic E-state index is 0. The van der Waals surface area contributed by atoms with Crippen molar-refractivity contribution in [2.45, 2.75) is 44.2 Å². The molecule has 5 heteroatoms. The maximum absolute atomic E-state index is 11.4.